The number of hydrogen-bond acceptors (Lipinski definition) is 6. The number of nitro benzene ring substituents is 1. The first kappa shape index (κ1) is 20.3. The molecule has 0 atom stereocenters. The van der Waals surface area contributed by atoms with E-state index < -0.39 is 14.9 Å². The number of aryl methyl sites for hydroxylation is 1. The number of benzene rings is 3. The summed E-state index contributed by atoms with van der Waals surface area (Å²) in [6.45, 7) is 1.75. The van der Waals surface area contributed by atoms with Gasteiger partial charge in [-0.3, -0.25) is 10.1 Å². The van der Waals surface area contributed by atoms with Crippen molar-refractivity contribution in [2.45, 2.75) is 11.8 Å². The van der Waals surface area contributed by atoms with Crippen LogP contribution in [0.15, 0.2) is 87.2 Å². The molecule has 3 aromatic carbocycles. The molecule has 0 aliphatic carbocycles. The molecular weight excluding hydrogens is 418 g/mol. The van der Waals surface area contributed by atoms with Crippen LogP contribution in [0.25, 0.3) is 22.1 Å². The van der Waals surface area contributed by atoms with Crippen molar-refractivity contribution in [2.24, 2.45) is 5.10 Å². The summed E-state index contributed by atoms with van der Waals surface area (Å²) in [6.07, 6.45) is 1.25. The number of fused-ring (bicyclic) bond motifs is 1. The summed E-state index contributed by atoms with van der Waals surface area (Å²) in [5.74, 6) is 0.820. The Bertz CT molecular complexity index is 1420. The van der Waals surface area contributed by atoms with E-state index >= 15 is 0 Å². The van der Waals surface area contributed by atoms with Crippen LogP contribution in [0, 0.1) is 17.0 Å². The number of hydrogen-bond donors (Lipinski definition) is 1. The lowest BCUT2D eigenvalue weighted by Gasteiger charge is -2.05. The van der Waals surface area contributed by atoms with Gasteiger partial charge in [0.2, 0.25) is 0 Å². The van der Waals surface area contributed by atoms with Crippen molar-refractivity contribution in [2.75, 3.05) is 0 Å². The molecule has 0 aliphatic rings. The molecule has 8 nitrogen and oxygen atoms in total. The fourth-order valence-electron chi connectivity index (χ4n) is 3.15. The van der Waals surface area contributed by atoms with Crippen molar-refractivity contribution in [3.05, 3.63) is 94.2 Å². The Hall–Kier alpha value is -3.98. The van der Waals surface area contributed by atoms with Crippen molar-refractivity contribution < 1.29 is 17.8 Å². The van der Waals surface area contributed by atoms with E-state index in [1.807, 2.05) is 24.3 Å². The highest BCUT2D eigenvalue weighted by atomic mass is 32.2. The van der Waals surface area contributed by atoms with Crippen LogP contribution < -0.4 is 4.83 Å². The molecule has 1 heterocycles. The lowest BCUT2D eigenvalue weighted by Crippen LogP contribution is -2.18. The fraction of sp³-hybridized carbons (Fsp3) is 0.0455. The van der Waals surface area contributed by atoms with Crippen molar-refractivity contribution in [3.8, 4) is 11.3 Å². The van der Waals surface area contributed by atoms with Crippen molar-refractivity contribution >= 4 is 32.7 Å². The molecule has 0 bridgehead atoms. The highest BCUT2D eigenvalue weighted by Gasteiger charge is 2.14. The molecule has 9 heteroatoms. The Morgan fingerprint density at radius 1 is 1.00 bits per heavy atom. The molecule has 0 saturated heterocycles. The van der Waals surface area contributed by atoms with Crippen LogP contribution in [0.4, 0.5) is 5.69 Å². The number of furan rings is 1. The minimum atomic E-state index is -3.84. The third-order valence-electron chi connectivity index (χ3n) is 4.71. The van der Waals surface area contributed by atoms with Crippen LogP contribution in [0.3, 0.4) is 0 Å². The Morgan fingerprint density at radius 2 is 1.77 bits per heavy atom. The summed E-state index contributed by atoms with van der Waals surface area (Å²) in [7, 11) is -3.84. The maximum Gasteiger partial charge on any atom is 0.276 e. The Balaban J connectivity index is 1.50. The largest absolute Gasteiger partial charge is 0.455 e. The van der Waals surface area contributed by atoms with E-state index in [9.17, 15) is 18.5 Å². The SMILES string of the molecule is Cc1cc([N+](=O)[O-])ccc1-c1ccc(/C=N/NS(=O)(=O)c2ccc3ccccc3c2)o1. The summed E-state index contributed by atoms with van der Waals surface area (Å²) < 4.78 is 30.7. The first-order valence-corrected chi connectivity index (χ1v) is 10.7. The monoisotopic (exact) mass is 435 g/mol. The number of sulfonamides is 1. The molecule has 4 aromatic rings. The summed E-state index contributed by atoms with van der Waals surface area (Å²) in [5, 5.41) is 16.4. The zero-order valence-electron chi connectivity index (χ0n) is 16.3. The fourth-order valence-corrected chi connectivity index (χ4v) is 3.98. The van der Waals surface area contributed by atoms with E-state index in [0.29, 0.717) is 22.6 Å². The quantitative estimate of drug-likeness (QED) is 0.269. The average molecular weight is 435 g/mol. The molecule has 0 aliphatic heterocycles. The number of nitrogens with one attached hydrogen (secondary N) is 1. The van der Waals surface area contributed by atoms with Crippen LogP contribution >= 0.6 is 0 Å². The number of hydrazone groups is 1. The van der Waals surface area contributed by atoms with Crippen LogP contribution in [-0.2, 0) is 10.0 Å². The topological polar surface area (TPSA) is 115 Å². The molecule has 0 saturated carbocycles. The predicted molar refractivity (Wildman–Crippen MR) is 117 cm³/mol. The molecule has 156 valence electrons. The van der Waals surface area contributed by atoms with Crippen LogP contribution in [0.2, 0.25) is 0 Å². The molecular formula is C22H17N3O5S. The third-order valence-corrected chi connectivity index (χ3v) is 5.93. The molecule has 0 fully saturated rings. The van der Waals surface area contributed by atoms with E-state index in [4.69, 9.17) is 4.42 Å². The highest BCUT2D eigenvalue weighted by Crippen LogP contribution is 2.28. The maximum absolute atomic E-state index is 12.5. The predicted octanol–water partition coefficient (Wildman–Crippen LogP) is 4.63. The summed E-state index contributed by atoms with van der Waals surface area (Å²) in [6, 6.07) is 20.1. The van der Waals surface area contributed by atoms with E-state index in [0.717, 1.165) is 10.8 Å². The van der Waals surface area contributed by atoms with Gasteiger partial charge in [0, 0.05) is 17.7 Å². The van der Waals surface area contributed by atoms with Gasteiger partial charge in [-0.2, -0.15) is 18.4 Å². The first-order valence-electron chi connectivity index (χ1n) is 9.22. The van der Waals surface area contributed by atoms with Crippen LogP contribution in [0.5, 0.6) is 0 Å². The van der Waals surface area contributed by atoms with E-state index in [2.05, 4.69) is 9.93 Å². The van der Waals surface area contributed by atoms with Crippen molar-refractivity contribution in [1.82, 2.24) is 4.83 Å². The molecule has 0 unspecified atom stereocenters. The zero-order valence-corrected chi connectivity index (χ0v) is 17.2. The summed E-state index contributed by atoms with van der Waals surface area (Å²) in [5.41, 5.74) is 1.38. The standard InChI is InChI=1S/C22H17N3O5S/c1-15-12-18(25(26)27)7-10-21(15)22-11-8-19(30-22)14-23-24-31(28,29)20-9-6-16-4-2-3-5-17(16)13-20/h2-14,24H,1H3/b23-14+. The highest BCUT2D eigenvalue weighted by molar-refractivity contribution is 7.89. The third kappa shape index (κ3) is 4.31. The summed E-state index contributed by atoms with van der Waals surface area (Å²) in [4.78, 5) is 12.7. The van der Waals surface area contributed by atoms with Gasteiger partial charge in [-0.05, 0) is 53.6 Å². The van der Waals surface area contributed by atoms with E-state index in [-0.39, 0.29) is 10.6 Å². The van der Waals surface area contributed by atoms with Crippen LogP contribution in [-0.4, -0.2) is 19.6 Å². The van der Waals surface area contributed by atoms with Crippen LogP contribution in [0.1, 0.15) is 11.3 Å². The van der Waals surface area contributed by atoms with Gasteiger partial charge in [0.1, 0.15) is 11.5 Å². The van der Waals surface area contributed by atoms with E-state index in [1.54, 1.807) is 37.3 Å². The lowest BCUT2D eigenvalue weighted by molar-refractivity contribution is -0.384. The van der Waals surface area contributed by atoms with Gasteiger partial charge in [0.05, 0.1) is 16.0 Å². The van der Waals surface area contributed by atoms with Gasteiger partial charge >= 0.3 is 0 Å². The number of rotatable bonds is 6. The molecule has 0 amide bonds. The first-order chi connectivity index (χ1) is 14.8. The second-order valence-corrected chi connectivity index (χ2v) is 8.48. The molecule has 4 rings (SSSR count). The second-order valence-electron chi connectivity index (χ2n) is 6.82. The number of nitro groups is 1. The normalized spacial score (nSPS) is 11.8. The van der Waals surface area contributed by atoms with Gasteiger partial charge in [-0.1, -0.05) is 30.3 Å². The minimum absolute atomic E-state index is 0.00214. The second kappa shape index (κ2) is 8.04. The lowest BCUT2D eigenvalue weighted by atomic mass is 10.1. The van der Waals surface area contributed by atoms with Gasteiger partial charge in [-0.25, -0.2) is 0 Å². The number of non-ortho nitro benzene ring substituents is 1. The Morgan fingerprint density at radius 3 is 2.52 bits per heavy atom. The Kier molecular flexibility index (Phi) is 5.26. The minimum Gasteiger partial charge on any atom is -0.455 e. The molecule has 0 radical (unpaired) electrons. The van der Waals surface area contributed by atoms with E-state index in [1.165, 1.54) is 24.4 Å². The van der Waals surface area contributed by atoms with Gasteiger partial charge < -0.3 is 4.42 Å². The van der Waals surface area contributed by atoms with Gasteiger partial charge in [0.25, 0.3) is 15.7 Å². The summed E-state index contributed by atoms with van der Waals surface area (Å²) >= 11 is 0. The van der Waals surface area contributed by atoms with Gasteiger partial charge in [-0.15, -0.1) is 0 Å². The molecule has 31 heavy (non-hydrogen) atoms. The van der Waals surface area contributed by atoms with Crippen molar-refractivity contribution in [1.29, 1.82) is 0 Å². The van der Waals surface area contributed by atoms with Crippen molar-refractivity contribution in [3.63, 3.8) is 0 Å². The average Bonchev–Trinajstić information content (AvgIpc) is 3.21. The number of nitrogens with zero attached hydrogens (tertiary/aromatic N) is 2. The maximum atomic E-state index is 12.5. The smallest absolute Gasteiger partial charge is 0.276 e. The Labute approximate surface area is 178 Å². The zero-order chi connectivity index (χ0) is 22.0. The molecule has 1 N–H and O–H groups in total. The molecule has 0 spiro atoms. The van der Waals surface area contributed by atoms with Gasteiger partial charge in [0.15, 0.2) is 0 Å². The molecule has 1 aromatic heterocycles.